The Hall–Kier alpha value is 0.1000. The van der Waals surface area contributed by atoms with Gasteiger partial charge in [-0.05, 0) is 25.3 Å². The summed E-state index contributed by atoms with van der Waals surface area (Å²) < 4.78 is 35.6. The van der Waals surface area contributed by atoms with Gasteiger partial charge in [0.1, 0.15) is 0 Å². The van der Waals surface area contributed by atoms with Crippen LogP contribution in [0.4, 0.5) is 13.2 Å². The molecule has 1 nitrogen and oxygen atoms in total. The molecule has 1 atom stereocenters. The largest absolute Gasteiger partial charge is 0.441 e. The molecular formula is C9H18F3NS. The van der Waals surface area contributed by atoms with Gasteiger partial charge < -0.3 is 5.32 Å². The molecule has 1 unspecified atom stereocenters. The number of rotatable bonds is 6. The summed E-state index contributed by atoms with van der Waals surface area (Å²) in [6.07, 6.45) is 1.49. The number of halogens is 3. The minimum atomic E-state index is -4.09. The van der Waals surface area contributed by atoms with E-state index in [1.807, 2.05) is 20.9 Å². The van der Waals surface area contributed by atoms with Crippen LogP contribution in [0.25, 0.3) is 0 Å². The Bertz CT molecular complexity index is 161. The van der Waals surface area contributed by atoms with Crippen molar-refractivity contribution < 1.29 is 13.2 Å². The monoisotopic (exact) mass is 229 g/mol. The molecule has 0 saturated heterocycles. The van der Waals surface area contributed by atoms with E-state index >= 15 is 0 Å². The molecule has 14 heavy (non-hydrogen) atoms. The average molecular weight is 229 g/mol. The molecule has 0 spiro atoms. The molecule has 0 aliphatic rings. The first-order valence-corrected chi connectivity index (χ1v) is 5.67. The van der Waals surface area contributed by atoms with Gasteiger partial charge in [-0.3, -0.25) is 0 Å². The van der Waals surface area contributed by atoms with Gasteiger partial charge in [0, 0.05) is 12.3 Å². The summed E-state index contributed by atoms with van der Waals surface area (Å²) in [4.78, 5) is 0. The van der Waals surface area contributed by atoms with E-state index in [9.17, 15) is 13.2 Å². The molecule has 1 N–H and O–H groups in total. The highest BCUT2D eigenvalue weighted by Crippen LogP contribution is 2.34. The lowest BCUT2D eigenvalue weighted by molar-refractivity contribution is -0.0329. The number of hydrogen-bond acceptors (Lipinski definition) is 2. The topological polar surface area (TPSA) is 12.0 Å². The van der Waals surface area contributed by atoms with E-state index in [1.165, 1.54) is 0 Å². The van der Waals surface area contributed by atoms with E-state index in [1.54, 1.807) is 0 Å². The molecule has 0 aliphatic heterocycles. The molecule has 86 valence electrons. The lowest BCUT2D eigenvalue weighted by Gasteiger charge is -2.27. The third-order valence-corrected chi connectivity index (χ3v) is 3.16. The maximum atomic E-state index is 11.9. The third kappa shape index (κ3) is 6.54. The van der Waals surface area contributed by atoms with Gasteiger partial charge in [0.15, 0.2) is 0 Å². The van der Waals surface area contributed by atoms with E-state index in [4.69, 9.17) is 0 Å². The van der Waals surface area contributed by atoms with Crippen molar-refractivity contribution in [2.45, 2.75) is 32.2 Å². The van der Waals surface area contributed by atoms with Crippen LogP contribution in [-0.2, 0) is 0 Å². The summed E-state index contributed by atoms with van der Waals surface area (Å²) in [5, 5.41) is 3.02. The van der Waals surface area contributed by atoms with Gasteiger partial charge in [-0.25, -0.2) is 0 Å². The Balaban J connectivity index is 3.84. The van der Waals surface area contributed by atoms with Gasteiger partial charge in [-0.2, -0.15) is 13.2 Å². The van der Waals surface area contributed by atoms with Crippen LogP contribution in [0.1, 0.15) is 26.7 Å². The molecule has 0 aliphatic carbocycles. The lowest BCUT2D eigenvalue weighted by Crippen LogP contribution is -2.29. The van der Waals surface area contributed by atoms with Gasteiger partial charge in [0.25, 0.3) is 0 Å². The summed E-state index contributed by atoms with van der Waals surface area (Å²) in [7, 11) is 1.82. The summed E-state index contributed by atoms with van der Waals surface area (Å²) in [6, 6.07) is 0. The minimum absolute atomic E-state index is 0.0208. The van der Waals surface area contributed by atoms with Crippen molar-refractivity contribution in [2.75, 3.05) is 19.3 Å². The first kappa shape index (κ1) is 14.1. The fraction of sp³-hybridized carbons (Fsp3) is 1.00. The van der Waals surface area contributed by atoms with Gasteiger partial charge >= 0.3 is 5.51 Å². The highest BCUT2D eigenvalue weighted by molar-refractivity contribution is 8.00. The van der Waals surface area contributed by atoms with Crippen LogP contribution in [0.5, 0.6) is 0 Å². The molecule has 0 fully saturated rings. The van der Waals surface area contributed by atoms with Gasteiger partial charge in [0.2, 0.25) is 0 Å². The Kier molecular flexibility index (Phi) is 5.90. The van der Waals surface area contributed by atoms with E-state index in [2.05, 4.69) is 5.32 Å². The molecule has 0 heterocycles. The maximum absolute atomic E-state index is 11.9. The summed E-state index contributed by atoms with van der Waals surface area (Å²) in [6.45, 7) is 4.79. The zero-order valence-electron chi connectivity index (χ0n) is 8.87. The molecule has 0 saturated carbocycles. The van der Waals surface area contributed by atoms with Crippen LogP contribution >= 0.6 is 11.8 Å². The number of alkyl halides is 3. The first-order valence-electron chi connectivity index (χ1n) is 4.68. The molecule has 0 aromatic rings. The number of thioether (sulfide) groups is 1. The van der Waals surface area contributed by atoms with E-state index in [0.717, 1.165) is 13.0 Å². The lowest BCUT2D eigenvalue weighted by atomic mass is 9.85. The fourth-order valence-corrected chi connectivity index (χ4v) is 2.06. The van der Waals surface area contributed by atoms with Crippen LogP contribution in [0.2, 0.25) is 0 Å². The molecule has 0 amide bonds. The summed E-state index contributed by atoms with van der Waals surface area (Å²) in [5.41, 5.74) is -4.11. The highest BCUT2D eigenvalue weighted by atomic mass is 32.2. The predicted molar refractivity (Wildman–Crippen MR) is 55.5 cm³/mol. The Morgan fingerprint density at radius 2 is 1.86 bits per heavy atom. The van der Waals surface area contributed by atoms with E-state index in [0.29, 0.717) is 6.42 Å². The van der Waals surface area contributed by atoms with E-state index < -0.39 is 5.51 Å². The van der Waals surface area contributed by atoms with Crippen LogP contribution in [-0.4, -0.2) is 24.9 Å². The number of nitrogens with one attached hydrogen (secondary N) is 1. The van der Waals surface area contributed by atoms with Crippen LogP contribution in [0.15, 0.2) is 0 Å². The molecular weight excluding hydrogens is 211 g/mol. The zero-order chi connectivity index (χ0) is 11.2. The molecule has 0 bridgehead atoms. The van der Waals surface area contributed by atoms with Crippen molar-refractivity contribution in [3.8, 4) is 0 Å². The SMILES string of the molecule is CCC(C)(CCSC(F)(F)F)CNC. The maximum Gasteiger partial charge on any atom is 0.441 e. The smallest absolute Gasteiger partial charge is 0.319 e. The second kappa shape index (κ2) is 5.85. The Morgan fingerprint density at radius 3 is 2.21 bits per heavy atom. The number of hydrogen-bond donors (Lipinski definition) is 1. The summed E-state index contributed by atoms with van der Waals surface area (Å²) in [5.74, 6) is 0.148. The summed E-state index contributed by atoms with van der Waals surface area (Å²) >= 11 is 0.0739. The van der Waals surface area contributed by atoms with Crippen molar-refractivity contribution >= 4 is 11.8 Å². The minimum Gasteiger partial charge on any atom is -0.319 e. The zero-order valence-corrected chi connectivity index (χ0v) is 9.69. The Labute approximate surface area is 87.8 Å². The molecule has 0 aromatic carbocycles. The molecule has 0 aromatic heterocycles. The van der Waals surface area contributed by atoms with Crippen LogP contribution in [0, 0.1) is 5.41 Å². The van der Waals surface area contributed by atoms with Crippen molar-refractivity contribution in [3.63, 3.8) is 0 Å². The van der Waals surface area contributed by atoms with Crippen molar-refractivity contribution in [3.05, 3.63) is 0 Å². The molecule has 0 radical (unpaired) electrons. The van der Waals surface area contributed by atoms with E-state index in [-0.39, 0.29) is 22.9 Å². The molecule has 0 rings (SSSR count). The standard InChI is InChI=1S/C9H18F3NS/c1-4-8(2,7-13-3)5-6-14-9(10,11)12/h13H,4-7H2,1-3H3. The van der Waals surface area contributed by atoms with Gasteiger partial charge in [-0.15, -0.1) is 0 Å². The van der Waals surface area contributed by atoms with Crippen molar-refractivity contribution in [2.24, 2.45) is 5.41 Å². The normalized spacial score (nSPS) is 16.7. The predicted octanol–water partition coefficient (Wildman–Crippen LogP) is 3.27. The van der Waals surface area contributed by atoms with Gasteiger partial charge in [-0.1, -0.05) is 25.6 Å². The van der Waals surface area contributed by atoms with Crippen molar-refractivity contribution in [1.29, 1.82) is 0 Å². The second-order valence-electron chi connectivity index (χ2n) is 3.74. The average Bonchev–Trinajstić information content (AvgIpc) is 2.02. The Morgan fingerprint density at radius 1 is 1.29 bits per heavy atom. The highest BCUT2D eigenvalue weighted by Gasteiger charge is 2.30. The molecule has 5 heteroatoms. The van der Waals surface area contributed by atoms with Crippen LogP contribution < -0.4 is 5.32 Å². The fourth-order valence-electron chi connectivity index (χ4n) is 1.23. The van der Waals surface area contributed by atoms with Gasteiger partial charge in [0.05, 0.1) is 0 Å². The van der Waals surface area contributed by atoms with Crippen molar-refractivity contribution in [1.82, 2.24) is 5.32 Å². The second-order valence-corrected chi connectivity index (χ2v) is 4.90. The van der Waals surface area contributed by atoms with Crippen LogP contribution in [0.3, 0.4) is 0 Å². The third-order valence-electron chi connectivity index (χ3n) is 2.43. The first-order chi connectivity index (χ1) is 6.33. The quantitative estimate of drug-likeness (QED) is 0.750.